The molecule has 1 aromatic carbocycles. The highest BCUT2D eigenvalue weighted by Gasteiger charge is 2.19. The van der Waals surface area contributed by atoms with E-state index >= 15 is 0 Å². The van der Waals surface area contributed by atoms with Crippen molar-refractivity contribution in [1.29, 1.82) is 0 Å². The lowest BCUT2D eigenvalue weighted by Gasteiger charge is -2.10. The molecule has 0 saturated heterocycles. The van der Waals surface area contributed by atoms with Gasteiger partial charge >= 0.3 is 0 Å². The topological polar surface area (TPSA) is 50.4 Å². The lowest BCUT2D eigenvalue weighted by Crippen LogP contribution is -2.32. The van der Waals surface area contributed by atoms with Gasteiger partial charge in [-0.2, -0.15) is 0 Å². The lowest BCUT2D eigenvalue weighted by atomic mass is 10.2. The molecule has 0 spiro atoms. The summed E-state index contributed by atoms with van der Waals surface area (Å²) < 4.78 is 5.44. The predicted molar refractivity (Wildman–Crippen MR) is 71.0 cm³/mol. The molecule has 4 nitrogen and oxygen atoms in total. The van der Waals surface area contributed by atoms with Crippen molar-refractivity contribution >= 4 is 5.91 Å². The zero-order chi connectivity index (χ0) is 12.8. The van der Waals surface area contributed by atoms with Crippen LogP contribution >= 0.6 is 0 Å². The van der Waals surface area contributed by atoms with Crippen LogP contribution < -0.4 is 15.4 Å². The summed E-state index contributed by atoms with van der Waals surface area (Å²) in [6, 6.07) is 8.00. The van der Waals surface area contributed by atoms with E-state index in [-0.39, 0.29) is 5.91 Å². The van der Waals surface area contributed by atoms with Crippen molar-refractivity contribution in [3.8, 4) is 5.75 Å². The van der Waals surface area contributed by atoms with Crippen molar-refractivity contribution < 1.29 is 9.53 Å². The van der Waals surface area contributed by atoms with Crippen molar-refractivity contribution in [2.45, 2.75) is 25.8 Å². The molecule has 0 atom stereocenters. The Hall–Kier alpha value is -1.55. The molecule has 1 amide bonds. The second-order valence-corrected chi connectivity index (χ2v) is 4.41. The largest absolute Gasteiger partial charge is 0.493 e. The fraction of sp³-hybridized carbons (Fsp3) is 0.500. The van der Waals surface area contributed by atoms with Crippen LogP contribution in [0, 0.1) is 0 Å². The zero-order valence-electron chi connectivity index (χ0n) is 10.7. The van der Waals surface area contributed by atoms with Crippen LogP contribution in [-0.4, -0.2) is 31.6 Å². The molecule has 2 rings (SSSR count). The van der Waals surface area contributed by atoms with Crippen LogP contribution in [0.3, 0.4) is 0 Å². The van der Waals surface area contributed by atoms with Gasteiger partial charge in [-0.3, -0.25) is 4.79 Å². The normalized spacial score (nSPS) is 14.3. The quantitative estimate of drug-likeness (QED) is 0.720. The van der Waals surface area contributed by atoms with Gasteiger partial charge in [-0.05, 0) is 31.9 Å². The van der Waals surface area contributed by atoms with Crippen molar-refractivity contribution in [1.82, 2.24) is 10.6 Å². The Morgan fingerprint density at radius 3 is 2.83 bits per heavy atom. The fourth-order valence-corrected chi connectivity index (χ4v) is 1.77. The van der Waals surface area contributed by atoms with Crippen molar-refractivity contribution in [2.75, 3.05) is 19.7 Å². The van der Waals surface area contributed by atoms with Crippen LogP contribution in [0.25, 0.3) is 0 Å². The number of benzene rings is 1. The molecular formula is C14H20N2O2. The molecule has 0 aromatic heterocycles. The number of rotatable bonds is 7. The molecule has 4 heteroatoms. The highest BCUT2D eigenvalue weighted by molar-refractivity contribution is 5.96. The molecule has 0 unspecified atom stereocenters. The number of nitrogens with one attached hydrogen (secondary N) is 2. The Balaban J connectivity index is 1.82. The van der Waals surface area contributed by atoms with Gasteiger partial charge in [0.1, 0.15) is 5.75 Å². The lowest BCUT2D eigenvalue weighted by molar-refractivity contribution is 0.0950. The molecule has 1 aliphatic rings. The van der Waals surface area contributed by atoms with Crippen LogP contribution in [0.5, 0.6) is 5.75 Å². The summed E-state index contributed by atoms with van der Waals surface area (Å²) in [6.45, 7) is 3.95. The van der Waals surface area contributed by atoms with E-state index < -0.39 is 0 Å². The average molecular weight is 248 g/mol. The summed E-state index contributed by atoms with van der Waals surface area (Å²) in [7, 11) is 0. The Labute approximate surface area is 108 Å². The van der Waals surface area contributed by atoms with Gasteiger partial charge in [0, 0.05) is 19.1 Å². The number of ether oxygens (including phenoxy) is 1. The van der Waals surface area contributed by atoms with E-state index in [2.05, 4.69) is 10.6 Å². The average Bonchev–Trinajstić information content (AvgIpc) is 3.19. The first-order valence-corrected chi connectivity index (χ1v) is 6.54. The first-order valence-electron chi connectivity index (χ1n) is 6.54. The second kappa shape index (κ2) is 6.40. The molecule has 1 fully saturated rings. The smallest absolute Gasteiger partial charge is 0.255 e. The molecule has 0 bridgehead atoms. The maximum absolute atomic E-state index is 12.0. The number of hydrogen-bond donors (Lipinski definition) is 2. The van der Waals surface area contributed by atoms with Gasteiger partial charge in [0.15, 0.2) is 0 Å². The van der Waals surface area contributed by atoms with E-state index in [9.17, 15) is 4.79 Å². The number of carbonyl (C=O) groups excluding carboxylic acids is 1. The number of amides is 1. The van der Waals surface area contributed by atoms with E-state index in [4.69, 9.17) is 4.74 Å². The zero-order valence-corrected chi connectivity index (χ0v) is 10.7. The number of hydrogen-bond acceptors (Lipinski definition) is 3. The molecule has 0 heterocycles. The van der Waals surface area contributed by atoms with Crippen molar-refractivity contribution in [3.05, 3.63) is 29.8 Å². The molecular weight excluding hydrogens is 228 g/mol. The summed E-state index contributed by atoms with van der Waals surface area (Å²) in [5.74, 6) is 0.573. The van der Waals surface area contributed by atoms with Gasteiger partial charge in [-0.15, -0.1) is 0 Å². The minimum Gasteiger partial charge on any atom is -0.493 e. The Morgan fingerprint density at radius 1 is 1.33 bits per heavy atom. The summed E-state index contributed by atoms with van der Waals surface area (Å²) in [6.07, 6.45) is 2.53. The first-order chi connectivity index (χ1) is 8.81. The van der Waals surface area contributed by atoms with Crippen LogP contribution in [0.1, 0.15) is 30.1 Å². The Morgan fingerprint density at radius 2 is 2.11 bits per heavy atom. The van der Waals surface area contributed by atoms with Crippen LogP contribution in [0.15, 0.2) is 24.3 Å². The van der Waals surface area contributed by atoms with E-state index in [1.54, 1.807) is 6.07 Å². The molecule has 2 N–H and O–H groups in total. The van der Waals surface area contributed by atoms with Crippen LogP contribution in [0.2, 0.25) is 0 Å². The van der Waals surface area contributed by atoms with Crippen molar-refractivity contribution in [3.63, 3.8) is 0 Å². The van der Waals surface area contributed by atoms with E-state index in [0.717, 1.165) is 6.54 Å². The minimum absolute atomic E-state index is 0.0725. The maximum Gasteiger partial charge on any atom is 0.255 e. The van der Waals surface area contributed by atoms with E-state index in [1.165, 1.54) is 12.8 Å². The highest BCUT2D eigenvalue weighted by atomic mass is 16.5. The van der Waals surface area contributed by atoms with Gasteiger partial charge < -0.3 is 15.4 Å². The monoisotopic (exact) mass is 248 g/mol. The second-order valence-electron chi connectivity index (χ2n) is 4.41. The van der Waals surface area contributed by atoms with Gasteiger partial charge in [-0.1, -0.05) is 12.1 Å². The van der Waals surface area contributed by atoms with E-state index in [0.29, 0.717) is 30.5 Å². The summed E-state index contributed by atoms with van der Waals surface area (Å²) >= 11 is 0. The number of para-hydroxylation sites is 1. The third-order valence-corrected chi connectivity index (χ3v) is 2.85. The van der Waals surface area contributed by atoms with E-state index in [1.807, 2.05) is 25.1 Å². The molecule has 1 saturated carbocycles. The third kappa shape index (κ3) is 3.74. The molecule has 18 heavy (non-hydrogen) atoms. The molecule has 0 aliphatic heterocycles. The van der Waals surface area contributed by atoms with Crippen molar-refractivity contribution in [2.24, 2.45) is 0 Å². The highest BCUT2D eigenvalue weighted by Crippen LogP contribution is 2.18. The molecule has 1 aliphatic carbocycles. The van der Waals surface area contributed by atoms with Gasteiger partial charge in [-0.25, -0.2) is 0 Å². The molecule has 1 aromatic rings. The standard InChI is InChI=1S/C14H20N2O2/c1-2-18-13-6-4-3-5-12(13)14(17)16-10-9-15-11-7-8-11/h3-6,11,15H,2,7-10H2,1H3,(H,16,17). The Bertz CT molecular complexity index is 403. The first kappa shape index (κ1) is 12.9. The SMILES string of the molecule is CCOc1ccccc1C(=O)NCCNC1CC1. The Kier molecular flexibility index (Phi) is 4.59. The molecule has 98 valence electrons. The minimum atomic E-state index is -0.0725. The van der Waals surface area contributed by atoms with Gasteiger partial charge in [0.25, 0.3) is 5.91 Å². The number of carbonyl (C=O) groups is 1. The summed E-state index contributed by atoms with van der Waals surface area (Å²) in [4.78, 5) is 12.0. The summed E-state index contributed by atoms with van der Waals surface area (Å²) in [5, 5.41) is 6.26. The maximum atomic E-state index is 12.0. The predicted octanol–water partition coefficient (Wildman–Crippen LogP) is 1.57. The van der Waals surface area contributed by atoms with Gasteiger partial charge in [0.2, 0.25) is 0 Å². The third-order valence-electron chi connectivity index (χ3n) is 2.85. The molecule has 0 radical (unpaired) electrons. The van der Waals surface area contributed by atoms with Crippen LogP contribution in [0.4, 0.5) is 0 Å². The van der Waals surface area contributed by atoms with Gasteiger partial charge in [0.05, 0.1) is 12.2 Å². The van der Waals surface area contributed by atoms with Crippen LogP contribution in [-0.2, 0) is 0 Å². The fourth-order valence-electron chi connectivity index (χ4n) is 1.77. The summed E-state index contributed by atoms with van der Waals surface area (Å²) in [5.41, 5.74) is 0.603.